The Balaban J connectivity index is 2.30. The predicted octanol–water partition coefficient (Wildman–Crippen LogP) is -1.79. The minimum absolute atomic E-state index is 0.00772. The van der Waals surface area contributed by atoms with Gasteiger partial charge in [-0.2, -0.15) is 0 Å². The highest BCUT2D eigenvalue weighted by molar-refractivity contribution is 5.99. The molecule has 8 amide bonds. The van der Waals surface area contributed by atoms with Crippen LogP contribution in [0.4, 0.5) is 5.69 Å². The van der Waals surface area contributed by atoms with Crippen molar-refractivity contribution in [1.29, 1.82) is 0 Å². The molecule has 0 bridgehead atoms. The molecule has 73 heavy (non-hydrogen) atoms. The quantitative estimate of drug-likeness (QED) is 0.0183. The minimum atomic E-state index is -2.00. The van der Waals surface area contributed by atoms with Crippen LogP contribution >= 0.6 is 0 Å². The van der Waals surface area contributed by atoms with E-state index in [0.29, 0.717) is 12.8 Å². The van der Waals surface area contributed by atoms with E-state index in [2.05, 4.69) is 37.2 Å². The number of carboxylic acids is 3. The number of nitro benzene ring substituents is 1. The van der Waals surface area contributed by atoms with E-state index in [1.165, 1.54) is 30.9 Å². The summed E-state index contributed by atoms with van der Waals surface area (Å²) in [7, 11) is 0. The molecule has 1 saturated heterocycles. The van der Waals surface area contributed by atoms with Crippen LogP contribution in [-0.4, -0.2) is 162 Å². The number of carbonyl (C=O) groups excluding carboxylic acids is 9. The fourth-order valence-electron chi connectivity index (χ4n) is 7.40. The summed E-state index contributed by atoms with van der Waals surface area (Å²) in [6.45, 7) is 10.0. The van der Waals surface area contributed by atoms with Crippen molar-refractivity contribution in [2.45, 2.75) is 154 Å². The first-order valence-electron chi connectivity index (χ1n) is 23.3. The minimum Gasteiger partial charge on any atom is -0.481 e. The van der Waals surface area contributed by atoms with Gasteiger partial charge in [-0.25, -0.2) is 4.79 Å². The number of hydrogen-bond donors (Lipinski definition) is 11. The number of aliphatic carboxylic acids is 3. The molecule has 0 aromatic heterocycles. The predicted molar refractivity (Wildman–Crippen MR) is 250 cm³/mol. The number of amides is 8. The van der Waals surface area contributed by atoms with Crippen LogP contribution in [0.5, 0.6) is 5.75 Å². The molecule has 1 unspecified atom stereocenters. The molecule has 28 nitrogen and oxygen atoms in total. The summed E-state index contributed by atoms with van der Waals surface area (Å²) < 4.78 is 5.37. The number of likely N-dealkylation sites (tertiary alicyclic amines) is 1. The molecular weight excluding hydrogens is 971 g/mol. The van der Waals surface area contributed by atoms with E-state index in [0.717, 1.165) is 26.0 Å². The molecule has 0 spiro atoms. The largest absolute Gasteiger partial charge is 0.481 e. The third kappa shape index (κ3) is 19.7. The Labute approximate surface area is 418 Å². The first kappa shape index (κ1) is 61.3. The molecule has 9 atom stereocenters. The van der Waals surface area contributed by atoms with E-state index in [-0.39, 0.29) is 30.8 Å². The molecule has 404 valence electrons. The molecule has 11 N–H and O–H groups in total. The highest BCUT2D eigenvalue weighted by Gasteiger charge is 2.42. The topological polar surface area (TPSA) is 426 Å². The molecule has 0 aliphatic carbocycles. The number of carbonyl (C=O) groups is 12. The third-order valence-electron chi connectivity index (χ3n) is 11.2. The Morgan fingerprint density at radius 2 is 1.15 bits per heavy atom. The second-order valence-corrected chi connectivity index (χ2v) is 17.9. The van der Waals surface area contributed by atoms with Crippen molar-refractivity contribution in [3.63, 3.8) is 0 Å². The molecule has 28 heteroatoms. The second kappa shape index (κ2) is 28.9. The van der Waals surface area contributed by atoms with Crippen LogP contribution in [-0.2, 0) is 57.5 Å². The zero-order valence-electron chi connectivity index (χ0n) is 41.3. The average Bonchev–Trinajstić information content (AvgIpc) is 3.79. The van der Waals surface area contributed by atoms with Crippen LogP contribution in [0, 0.1) is 22.0 Å². The van der Waals surface area contributed by atoms with E-state index in [4.69, 9.17) is 4.74 Å². The van der Waals surface area contributed by atoms with Crippen LogP contribution in [0.1, 0.15) is 99.8 Å². The van der Waals surface area contributed by atoms with Gasteiger partial charge in [0.25, 0.3) is 5.69 Å². The van der Waals surface area contributed by atoms with Crippen LogP contribution in [0.2, 0.25) is 0 Å². The average molecular weight is 1040 g/mol. The fourth-order valence-corrected chi connectivity index (χ4v) is 7.40. The maximum Gasteiger partial charge on any atom is 0.334 e. The van der Waals surface area contributed by atoms with Gasteiger partial charge in [0.05, 0.1) is 23.9 Å². The van der Waals surface area contributed by atoms with Gasteiger partial charge >= 0.3 is 23.9 Å². The summed E-state index contributed by atoms with van der Waals surface area (Å²) >= 11 is 0. The number of ether oxygens (including phenoxy) is 1. The number of aliphatic hydroxyl groups excluding tert-OH is 1. The maximum atomic E-state index is 14.2. The van der Waals surface area contributed by atoms with E-state index >= 15 is 0 Å². The highest BCUT2D eigenvalue weighted by Crippen LogP contribution is 2.23. The number of carboxylic acid groups (broad SMARTS) is 3. The zero-order valence-corrected chi connectivity index (χ0v) is 41.3. The van der Waals surface area contributed by atoms with Crippen molar-refractivity contribution in [3.8, 4) is 5.75 Å². The standard InChI is InChI=1S/C45H65N9O19/c1-8-10-28(45(70)73-26-14-12-25(13-15-26)54(71)72)48-41(66)31-11-9-18-53(31)44(69)36(22(4)5)51-42(67)35(21(2)3)50-40(65)30(20-34(61)62)49-38(63)27(16-17-32(57)58)47-43(68)37(23(6)55)52-39(64)29(19-33(59)60)46-24(7)56/h12-15,21-23,27-31,35-37,55H,8-11,16-20H2,1-7H3,(H,46,56)(H,47,68)(H,48,66)(H,49,63)(H,50,65)(H,51,67)(H,52,64)(H,57,58)(H,59,60)(H,61,62)/t23-,27+,28?,29+,30+,31-,35+,36+,37+/m1/s1. The number of hydrogen-bond acceptors (Lipinski definition) is 16. The van der Waals surface area contributed by atoms with Gasteiger partial charge in [0.2, 0.25) is 47.3 Å². The first-order valence-corrected chi connectivity index (χ1v) is 23.3. The monoisotopic (exact) mass is 1040 g/mol. The number of esters is 1. The Kier molecular flexibility index (Phi) is 24.3. The SMILES string of the molecule is CCCC(NC(=O)[C@H]1CCCN1C(=O)[C@@H](NC(=O)[C@@H](NC(=O)[C@H](CC(=O)O)NC(=O)[C@H](CCC(=O)O)NC(=O)[C@@H](NC(=O)[C@H](CC(=O)O)NC(C)=O)[C@@H](C)O)C(C)C)C(C)C)C(=O)Oc1ccc([N+](=O)[O-])cc1. The van der Waals surface area contributed by atoms with Crippen molar-refractivity contribution in [2.24, 2.45) is 11.8 Å². The molecule has 0 radical (unpaired) electrons. The highest BCUT2D eigenvalue weighted by atomic mass is 16.6. The van der Waals surface area contributed by atoms with Crippen molar-refractivity contribution in [1.82, 2.24) is 42.1 Å². The van der Waals surface area contributed by atoms with E-state index in [9.17, 15) is 88.1 Å². The zero-order chi connectivity index (χ0) is 55.4. The van der Waals surface area contributed by atoms with Gasteiger partial charge in [-0.05, 0) is 56.6 Å². The van der Waals surface area contributed by atoms with Crippen molar-refractivity contribution < 1.29 is 87.6 Å². The Bertz CT molecular complexity index is 2200. The number of nitrogens with zero attached hydrogens (tertiary/aromatic N) is 2. The molecule has 1 aromatic rings. The molecule has 1 aliphatic rings. The smallest absolute Gasteiger partial charge is 0.334 e. The third-order valence-corrected chi connectivity index (χ3v) is 11.2. The number of nitrogens with one attached hydrogen (secondary N) is 7. The lowest BCUT2D eigenvalue weighted by Crippen LogP contribution is -2.62. The van der Waals surface area contributed by atoms with E-state index in [1.807, 2.05) is 0 Å². The van der Waals surface area contributed by atoms with Crippen LogP contribution in [0.15, 0.2) is 24.3 Å². The van der Waals surface area contributed by atoms with Gasteiger partial charge in [0.15, 0.2) is 0 Å². The van der Waals surface area contributed by atoms with Gasteiger partial charge in [-0.3, -0.25) is 62.9 Å². The van der Waals surface area contributed by atoms with Gasteiger partial charge in [-0.15, -0.1) is 0 Å². The second-order valence-electron chi connectivity index (χ2n) is 17.9. The summed E-state index contributed by atoms with van der Waals surface area (Å²) in [5, 5.41) is 65.7. The lowest BCUT2D eigenvalue weighted by atomic mass is 9.98. The van der Waals surface area contributed by atoms with Gasteiger partial charge in [0, 0.05) is 32.0 Å². The Morgan fingerprint density at radius 1 is 0.658 bits per heavy atom. The summed E-state index contributed by atoms with van der Waals surface area (Å²) in [6, 6.07) is -7.91. The normalized spacial score (nSPS) is 16.4. The number of benzene rings is 1. The summed E-state index contributed by atoms with van der Waals surface area (Å²) in [5.41, 5.74) is -0.236. The molecular formula is C45H65N9O19. The molecule has 0 saturated carbocycles. The maximum absolute atomic E-state index is 14.2. The summed E-state index contributed by atoms with van der Waals surface area (Å²) in [4.78, 5) is 167. The number of non-ortho nitro benzene ring substituents is 1. The Morgan fingerprint density at radius 3 is 1.63 bits per heavy atom. The number of aliphatic hydroxyl groups is 1. The van der Waals surface area contributed by atoms with Crippen molar-refractivity contribution in [2.75, 3.05) is 6.54 Å². The van der Waals surface area contributed by atoms with Gasteiger partial charge < -0.3 is 67.3 Å². The molecule has 1 fully saturated rings. The Hall–Kier alpha value is -7.78. The fraction of sp³-hybridized carbons (Fsp3) is 0.600. The lowest BCUT2D eigenvalue weighted by Gasteiger charge is -2.33. The molecule has 1 aromatic carbocycles. The summed E-state index contributed by atoms with van der Waals surface area (Å²) in [5.74, 6) is -15.1. The molecule has 1 heterocycles. The number of rotatable bonds is 29. The van der Waals surface area contributed by atoms with Crippen LogP contribution in [0.25, 0.3) is 0 Å². The van der Waals surface area contributed by atoms with Gasteiger partial charge in [-0.1, -0.05) is 41.0 Å². The van der Waals surface area contributed by atoms with Gasteiger partial charge in [0.1, 0.15) is 54.1 Å². The van der Waals surface area contributed by atoms with Crippen molar-refractivity contribution in [3.05, 3.63) is 34.4 Å². The lowest BCUT2D eigenvalue weighted by molar-refractivity contribution is -0.384. The van der Waals surface area contributed by atoms with Crippen LogP contribution < -0.4 is 42.0 Å². The van der Waals surface area contributed by atoms with E-state index < -0.39 is 168 Å². The van der Waals surface area contributed by atoms with E-state index in [1.54, 1.807) is 20.8 Å². The van der Waals surface area contributed by atoms with Crippen LogP contribution in [0.3, 0.4) is 0 Å². The summed E-state index contributed by atoms with van der Waals surface area (Å²) in [6.07, 6.45) is -4.19. The molecule has 2 rings (SSSR count). The molecule has 1 aliphatic heterocycles. The van der Waals surface area contributed by atoms with Crippen molar-refractivity contribution >= 4 is 76.8 Å². The first-order chi connectivity index (χ1) is 34.1. The number of nitro groups is 1.